The van der Waals surface area contributed by atoms with Crippen molar-refractivity contribution < 1.29 is 23.9 Å². The summed E-state index contributed by atoms with van der Waals surface area (Å²) >= 11 is 0. The van der Waals surface area contributed by atoms with Gasteiger partial charge >= 0.3 is 5.97 Å². The highest BCUT2D eigenvalue weighted by Gasteiger charge is 2.35. The summed E-state index contributed by atoms with van der Waals surface area (Å²) in [6, 6.07) is 10.1. The number of hydrogen-bond acceptors (Lipinski definition) is 4. The smallest absolute Gasteiger partial charge is 0.323 e. The van der Waals surface area contributed by atoms with Crippen LogP contribution in [0.4, 0.5) is 0 Å². The van der Waals surface area contributed by atoms with E-state index < -0.39 is 11.9 Å². The number of ketones is 1. The Balaban J connectivity index is 1.80. The summed E-state index contributed by atoms with van der Waals surface area (Å²) in [5.41, 5.74) is 1.35. The van der Waals surface area contributed by atoms with Gasteiger partial charge in [-0.1, -0.05) is 24.3 Å². The number of benzene rings is 1. The Labute approximate surface area is 138 Å². The van der Waals surface area contributed by atoms with Crippen LogP contribution in [0.2, 0.25) is 0 Å². The third-order valence-corrected chi connectivity index (χ3v) is 3.95. The number of carboxylic acids is 1. The van der Waals surface area contributed by atoms with E-state index >= 15 is 0 Å². The number of amides is 1. The molecule has 24 heavy (non-hydrogen) atoms. The number of carbonyl (C=O) groups excluding carboxylic acids is 2. The lowest BCUT2D eigenvalue weighted by Gasteiger charge is -2.18. The lowest BCUT2D eigenvalue weighted by molar-refractivity contribution is -0.137. The number of hydrogen-bond donors (Lipinski definition) is 1. The van der Waals surface area contributed by atoms with Crippen LogP contribution in [0, 0.1) is 0 Å². The summed E-state index contributed by atoms with van der Waals surface area (Å²) in [7, 11) is 0. The van der Waals surface area contributed by atoms with Crippen molar-refractivity contribution in [2.45, 2.75) is 25.8 Å². The van der Waals surface area contributed by atoms with Crippen molar-refractivity contribution in [3.63, 3.8) is 0 Å². The van der Waals surface area contributed by atoms with Crippen LogP contribution in [-0.2, 0) is 4.79 Å². The summed E-state index contributed by atoms with van der Waals surface area (Å²) < 4.78 is 5.60. The number of carbonyl (C=O) groups is 3. The van der Waals surface area contributed by atoms with Gasteiger partial charge in [0.05, 0.1) is 0 Å². The van der Waals surface area contributed by atoms with Crippen molar-refractivity contribution in [3.8, 4) is 11.3 Å². The molecule has 1 aromatic heterocycles. The largest absolute Gasteiger partial charge is 0.480 e. The van der Waals surface area contributed by atoms with E-state index in [9.17, 15) is 14.4 Å². The van der Waals surface area contributed by atoms with Crippen LogP contribution in [-0.4, -0.2) is 40.3 Å². The van der Waals surface area contributed by atoms with Crippen LogP contribution in [0.1, 0.15) is 40.7 Å². The van der Waals surface area contributed by atoms with E-state index in [2.05, 4.69) is 0 Å². The molecule has 0 bridgehead atoms. The first-order valence-corrected chi connectivity index (χ1v) is 7.69. The summed E-state index contributed by atoms with van der Waals surface area (Å²) in [4.78, 5) is 36.0. The summed E-state index contributed by atoms with van der Waals surface area (Å²) in [6.07, 6.45) is 1.64. The molecule has 0 saturated heterocycles. The number of carboxylic acid groups (broad SMARTS) is 1. The molecule has 2 aromatic rings. The molecule has 0 radical (unpaired) electrons. The zero-order valence-corrected chi connectivity index (χ0v) is 13.2. The topological polar surface area (TPSA) is 87.8 Å². The third-order valence-electron chi connectivity index (χ3n) is 3.95. The Hall–Kier alpha value is -2.89. The molecule has 1 aromatic carbocycles. The van der Waals surface area contributed by atoms with Crippen LogP contribution in [0.25, 0.3) is 11.3 Å². The molecule has 6 nitrogen and oxygen atoms in total. The van der Waals surface area contributed by atoms with Crippen molar-refractivity contribution >= 4 is 17.7 Å². The van der Waals surface area contributed by atoms with Gasteiger partial charge in [0.2, 0.25) is 0 Å². The second kappa shape index (κ2) is 6.31. The summed E-state index contributed by atoms with van der Waals surface area (Å²) in [5, 5.41) is 8.96. The molecule has 0 atom stereocenters. The molecule has 1 fully saturated rings. The lowest BCUT2D eigenvalue weighted by atomic mass is 10.1. The fourth-order valence-corrected chi connectivity index (χ4v) is 2.52. The molecule has 1 aliphatic carbocycles. The van der Waals surface area contributed by atoms with Crippen molar-refractivity contribution in [1.82, 2.24) is 4.90 Å². The molecule has 1 amide bonds. The quantitative estimate of drug-likeness (QED) is 0.824. The predicted octanol–water partition coefficient (Wildman–Crippen LogP) is 2.84. The van der Waals surface area contributed by atoms with Gasteiger partial charge in [0, 0.05) is 17.2 Å². The normalized spacial score (nSPS) is 13.5. The number of furan rings is 1. The van der Waals surface area contributed by atoms with E-state index in [1.54, 1.807) is 36.4 Å². The number of aliphatic carboxylic acids is 1. The average molecular weight is 327 g/mol. The number of rotatable bonds is 6. The minimum Gasteiger partial charge on any atom is -0.480 e. The van der Waals surface area contributed by atoms with E-state index in [1.807, 2.05) is 0 Å². The van der Waals surface area contributed by atoms with E-state index in [-0.39, 0.29) is 24.1 Å². The third kappa shape index (κ3) is 3.37. The van der Waals surface area contributed by atoms with Gasteiger partial charge in [0.25, 0.3) is 5.91 Å². The molecule has 1 heterocycles. The van der Waals surface area contributed by atoms with Crippen molar-refractivity contribution in [2.24, 2.45) is 0 Å². The summed E-state index contributed by atoms with van der Waals surface area (Å²) in [5.74, 6) is -0.854. The van der Waals surface area contributed by atoms with E-state index in [4.69, 9.17) is 9.52 Å². The maximum absolute atomic E-state index is 12.5. The van der Waals surface area contributed by atoms with Gasteiger partial charge in [-0.25, -0.2) is 0 Å². The SMILES string of the molecule is CC(=O)c1ccc(-c2ccc(C(=O)N(CC(=O)O)C3CC3)o2)cc1. The van der Waals surface area contributed by atoms with Crippen LogP contribution in [0.3, 0.4) is 0 Å². The second-order valence-electron chi connectivity index (χ2n) is 5.86. The zero-order chi connectivity index (χ0) is 17.3. The van der Waals surface area contributed by atoms with Gasteiger partial charge in [-0.3, -0.25) is 14.4 Å². The van der Waals surface area contributed by atoms with Gasteiger partial charge < -0.3 is 14.4 Å². The molecular formula is C18H17NO5. The fourth-order valence-electron chi connectivity index (χ4n) is 2.52. The maximum atomic E-state index is 12.5. The minimum absolute atomic E-state index is 0.0167. The molecule has 124 valence electrons. The Morgan fingerprint density at radius 1 is 1.12 bits per heavy atom. The van der Waals surface area contributed by atoms with Crippen LogP contribution < -0.4 is 0 Å². The molecule has 3 rings (SSSR count). The molecule has 1 aliphatic rings. The van der Waals surface area contributed by atoms with Gasteiger partial charge in [-0.05, 0) is 31.9 Å². The zero-order valence-electron chi connectivity index (χ0n) is 13.2. The molecular weight excluding hydrogens is 310 g/mol. The standard InChI is InChI=1S/C18H17NO5/c1-11(20)12-2-4-13(5-3-12)15-8-9-16(24-15)18(23)19(10-17(21)22)14-6-7-14/h2-5,8-9,14H,6-7,10H2,1H3,(H,21,22). The van der Waals surface area contributed by atoms with E-state index in [0.29, 0.717) is 11.3 Å². The Kier molecular flexibility index (Phi) is 4.20. The Bertz CT molecular complexity index is 786. The summed E-state index contributed by atoms with van der Waals surface area (Å²) in [6.45, 7) is 1.17. The highest BCUT2D eigenvalue weighted by Crippen LogP contribution is 2.29. The van der Waals surface area contributed by atoms with Gasteiger partial charge in [0.1, 0.15) is 12.3 Å². The van der Waals surface area contributed by atoms with Gasteiger partial charge in [0.15, 0.2) is 11.5 Å². The Morgan fingerprint density at radius 3 is 2.33 bits per heavy atom. The molecule has 0 aliphatic heterocycles. The van der Waals surface area contributed by atoms with Crippen LogP contribution in [0.5, 0.6) is 0 Å². The fraction of sp³-hybridized carbons (Fsp3) is 0.278. The highest BCUT2D eigenvalue weighted by atomic mass is 16.4. The maximum Gasteiger partial charge on any atom is 0.323 e. The number of nitrogens with zero attached hydrogens (tertiary/aromatic N) is 1. The van der Waals surface area contributed by atoms with Crippen LogP contribution >= 0.6 is 0 Å². The minimum atomic E-state index is -1.04. The Morgan fingerprint density at radius 2 is 1.79 bits per heavy atom. The van der Waals surface area contributed by atoms with Crippen molar-refractivity contribution in [2.75, 3.05) is 6.54 Å². The van der Waals surface area contributed by atoms with Gasteiger partial charge in [-0.15, -0.1) is 0 Å². The van der Waals surface area contributed by atoms with Crippen molar-refractivity contribution in [3.05, 3.63) is 47.7 Å². The van der Waals surface area contributed by atoms with E-state index in [0.717, 1.165) is 18.4 Å². The number of Topliss-reactive ketones (excluding diaryl/α,β-unsaturated/α-hetero) is 1. The first kappa shape index (κ1) is 16.0. The van der Waals surface area contributed by atoms with Crippen LogP contribution in [0.15, 0.2) is 40.8 Å². The van der Waals surface area contributed by atoms with Gasteiger partial charge in [-0.2, -0.15) is 0 Å². The van der Waals surface area contributed by atoms with Crippen molar-refractivity contribution in [1.29, 1.82) is 0 Å². The highest BCUT2D eigenvalue weighted by molar-refractivity contribution is 5.95. The second-order valence-corrected chi connectivity index (χ2v) is 5.86. The lowest BCUT2D eigenvalue weighted by Crippen LogP contribution is -2.37. The monoisotopic (exact) mass is 327 g/mol. The first-order valence-electron chi connectivity index (χ1n) is 7.69. The molecule has 1 N–H and O–H groups in total. The van der Waals surface area contributed by atoms with E-state index in [1.165, 1.54) is 11.8 Å². The average Bonchev–Trinajstić information content (AvgIpc) is 3.28. The molecule has 1 saturated carbocycles. The molecule has 6 heteroatoms. The molecule has 0 unspecified atom stereocenters. The molecule has 0 spiro atoms. The predicted molar refractivity (Wildman–Crippen MR) is 85.8 cm³/mol. The first-order chi connectivity index (χ1) is 11.5.